The molecule has 0 bridgehead atoms. The highest BCUT2D eigenvalue weighted by atomic mass is 16.5. The number of phenolic OH excluding ortho intramolecular Hbond substituents is 1. The summed E-state index contributed by atoms with van der Waals surface area (Å²) in [5.41, 5.74) is 0.786. The third-order valence-corrected chi connectivity index (χ3v) is 2.36. The summed E-state index contributed by atoms with van der Waals surface area (Å²) in [5, 5.41) is 13.1. The van der Waals surface area contributed by atoms with E-state index in [4.69, 9.17) is 9.47 Å². The summed E-state index contributed by atoms with van der Waals surface area (Å²) in [4.78, 5) is 0. The van der Waals surface area contributed by atoms with Gasteiger partial charge in [0.1, 0.15) is 0 Å². The van der Waals surface area contributed by atoms with Gasteiger partial charge in [-0.15, -0.1) is 0 Å². The lowest BCUT2D eigenvalue weighted by Gasteiger charge is -2.14. The number of unbranched alkanes of at least 4 members (excludes halogenated alkanes) is 1. The maximum atomic E-state index is 9.84. The van der Waals surface area contributed by atoms with E-state index >= 15 is 0 Å². The van der Waals surface area contributed by atoms with Crippen LogP contribution in [-0.2, 0) is 0 Å². The molecule has 0 saturated heterocycles. The van der Waals surface area contributed by atoms with Crippen molar-refractivity contribution in [3.8, 4) is 17.2 Å². The number of rotatable bonds is 6. The summed E-state index contributed by atoms with van der Waals surface area (Å²) < 4.78 is 10.2. The summed E-state index contributed by atoms with van der Waals surface area (Å²) in [6.45, 7) is 2.99. The second-order valence-corrected chi connectivity index (χ2v) is 3.48. The van der Waals surface area contributed by atoms with Crippen molar-refractivity contribution in [3.63, 3.8) is 0 Å². The summed E-state index contributed by atoms with van der Waals surface area (Å²) in [6, 6.07) is 3.55. The Kier molecular flexibility index (Phi) is 4.76. The molecule has 0 saturated carbocycles. The summed E-state index contributed by atoms with van der Waals surface area (Å²) >= 11 is 0. The number of phenols is 1. The Labute approximate surface area is 96.2 Å². The Bertz CT molecular complexity index is 339. The van der Waals surface area contributed by atoms with Gasteiger partial charge in [0.25, 0.3) is 0 Å². The first-order valence-corrected chi connectivity index (χ1v) is 5.42. The Morgan fingerprint density at radius 3 is 2.56 bits per heavy atom. The van der Waals surface area contributed by atoms with Gasteiger partial charge in [-0.3, -0.25) is 0 Å². The molecule has 0 atom stereocenters. The smallest absolute Gasteiger partial charge is 0.202 e. The summed E-state index contributed by atoms with van der Waals surface area (Å²) in [5.74, 6) is 0.875. The number of aromatic hydroxyl groups is 1. The van der Waals surface area contributed by atoms with Gasteiger partial charge in [-0.25, -0.2) is 0 Å². The molecule has 0 heterocycles. The van der Waals surface area contributed by atoms with Crippen LogP contribution in [0.2, 0.25) is 0 Å². The minimum Gasteiger partial charge on any atom is -0.502 e. The Morgan fingerprint density at radius 2 is 2.00 bits per heavy atom. The van der Waals surface area contributed by atoms with E-state index in [0.29, 0.717) is 11.5 Å². The lowest BCUT2D eigenvalue weighted by Crippen LogP contribution is -2.03. The third kappa shape index (κ3) is 2.72. The molecule has 0 amide bonds. The average Bonchev–Trinajstić information content (AvgIpc) is 2.30. The second-order valence-electron chi connectivity index (χ2n) is 3.48. The first-order chi connectivity index (χ1) is 7.74. The number of methoxy groups -OCH3 is 2. The fourth-order valence-electron chi connectivity index (χ4n) is 1.46. The molecule has 0 fully saturated rings. The summed E-state index contributed by atoms with van der Waals surface area (Å²) in [6.07, 6.45) is 2.20. The summed E-state index contributed by atoms with van der Waals surface area (Å²) in [7, 11) is 3.04. The van der Waals surface area contributed by atoms with E-state index in [9.17, 15) is 5.11 Å². The van der Waals surface area contributed by atoms with Gasteiger partial charge in [0.2, 0.25) is 5.75 Å². The first kappa shape index (κ1) is 12.5. The maximum Gasteiger partial charge on any atom is 0.202 e. The molecule has 0 spiro atoms. The van der Waals surface area contributed by atoms with Gasteiger partial charge >= 0.3 is 0 Å². The zero-order valence-corrected chi connectivity index (χ0v) is 10.0. The minimum absolute atomic E-state index is 0.0338. The van der Waals surface area contributed by atoms with Gasteiger partial charge in [0.05, 0.1) is 19.9 Å². The zero-order valence-electron chi connectivity index (χ0n) is 10.0. The lowest BCUT2D eigenvalue weighted by atomic mass is 10.2. The lowest BCUT2D eigenvalue weighted by molar-refractivity contribution is 0.341. The highest BCUT2D eigenvalue weighted by Gasteiger charge is 2.13. The molecule has 0 aromatic heterocycles. The molecule has 90 valence electrons. The molecule has 0 aliphatic rings. The molecular weight excluding hydrogens is 206 g/mol. The predicted molar refractivity (Wildman–Crippen MR) is 64.6 cm³/mol. The average molecular weight is 225 g/mol. The van der Waals surface area contributed by atoms with Crippen LogP contribution in [0.3, 0.4) is 0 Å². The van der Waals surface area contributed by atoms with E-state index in [1.165, 1.54) is 14.2 Å². The van der Waals surface area contributed by atoms with Crippen LogP contribution in [0.1, 0.15) is 19.8 Å². The van der Waals surface area contributed by atoms with Gasteiger partial charge in [0, 0.05) is 6.54 Å². The molecule has 2 N–H and O–H groups in total. The number of ether oxygens (including phenoxy) is 2. The Hall–Kier alpha value is -1.58. The van der Waals surface area contributed by atoms with Crippen molar-refractivity contribution < 1.29 is 14.6 Å². The van der Waals surface area contributed by atoms with Gasteiger partial charge in [0.15, 0.2) is 11.5 Å². The normalized spacial score (nSPS) is 9.94. The highest BCUT2D eigenvalue weighted by Crippen LogP contribution is 2.41. The zero-order chi connectivity index (χ0) is 12.0. The van der Waals surface area contributed by atoms with Crippen LogP contribution < -0.4 is 14.8 Å². The topological polar surface area (TPSA) is 50.7 Å². The van der Waals surface area contributed by atoms with E-state index in [2.05, 4.69) is 12.2 Å². The van der Waals surface area contributed by atoms with Crippen LogP contribution in [0.5, 0.6) is 17.2 Å². The minimum atomic E-state index is 0.0338. The number of hydrogen-bond donors (Lipinski definition) is 2. The van der Waals surface area contributed by atoms with Crippen molar-refractivity contribution >= 4 is 5.69 Å². The van der Waals surface area contributed by atoms with Crippen LogP contribution in [0.4, 0.5) is 5.69 Å². The molecule has 0 unspecified atom stereocenters. The fraction of sp³-hybridized carbons (Fsp3) is 0.500. The van der Waals surface area contributed by atoms with Gasteiger partial charge < -0.3 is 19.9 Å². The predicted octanol–water partition coefficient (Wildman–Crippen LogP) is 2.62. The van der Waals surface area contributed by atoms with Crippen LogP contribution in [0.15, 0.2) is 12.1 Å². The number of benzene rings is 1. The molecule has 4 nitrogen and oxygen atoms in total. The van der Waals surface area contributed by atoms with Crippen molar-refractivity contribution in [3.05, 3.63) is 12.1 Å². The fourth-order valence-corrected chi connectivity index (χ4v) is 1.46. The number of hydrogen-bond acceptors (Lipinski definition) is 4. The van der Waals surface area contributed by atoms with Gasteiger partial charge in [-0.05, 0) is 18.6 Å². The maximum absolute atomic E-state index is 9.84. The van der Waals surface area contributed by atoms with Crippen LogP contribution in [0.25, 0.3) is 0 Å². The quantitative estimate of drug-likeness (QED) is 0.731. The molecule has 0 radical (unpaired) electrons. The van der Waals surface area contributed by atoms with Crippen LogP contribution in [0, 0.1) is 0 Å². The van der Waals surface area contributed by atoms with Crippen molar-refractivity contribution in [2.75, 3.05) is 26.1 Å². The molecule has 0 aliphatic carbocycles. The van der Waals surface area contributed by atoms with Gasteiger partial charge in [-0.1, -0.05) is 13.3 Å². The van der Waals surface area contributed by atoms with E-state index in [-0.39, 0.29) is 5.75 Å². The number of nitrogens with one attached hydrogen (secondary N) is 1. The van der Waals surface area contributed by atoms with E-state index in [0.717, 1.165) is 25.1 Å². The monoisotopic (exact) mass is 225 g/mol. The Balaban J connectivity index is 2.88. The highest BCUT2D eigenvalue weighted by molar-refractivity contribution is 5.67. The number of anilines is 1. The van der Waals surface area contributed by atoms with Crippen molar-refractivity contribution in [1.82, 2.24) is 0 Å². The molecular formula is C12H19NO3. The molecule has 16 heavy (non-hydrogen) atoms. The Morgan fingerprint density at radius 1 is 1.25 bits per heavy atom. The third-order valence-electron chi connectivity index (χ3n) is 2.36. The molecule has 1 aromatic carbocycles. The van der Waals surface area contributed by atoms with Crippen molar-refractivity contribution in [2.24, 2.45) is 0 Å². The second kappa shape index (κ2) is 6.10. The standard InChI is InChI=1S/C12H19NO3/c1-4-5-8-13-9-6-7-10(15-2)11(14)12(9)16-3/h6-7,13-14H,4-5,8H2,1-3H3. The molecule has 0 aliphatic heterocycles. The van der Waals surface area contributed by atoms with Crippen LogP contribution in [-0.4, -0.2) is 25.9 Å². The molecule has 4 heteroatoms. The largest absolute Gasteiger partial charge is 0.502 e. The van der Waals surface area contributed by atoms with E-state index in [1.807, 2.05) is 6.07 Å². The van der Waals surface area contributed by atoms with Crippen molar-refractivity contribution in [2.45, 2.75) is 19.8 Å². The first-order valence-electron chi connectivity index (χ1n) is 5.42. The van der Waals surface area contributed by atoms with Crippen LogP contribution >= 0.6 is 0 Å². The van der Waals surface area contributed by atoms with E-state index < -0.39 is 0 Å². The SMILES string of the molecule is CCCCNc1ccc(OC)c(O)c1OC. The molecule has 1 rings (SSSR count). The van der Waals surface area contributed by atoms with Crippen molar-refractivity contribution in [1.29, 1.82) is 0 Å². The molecule has 1 aromatic rings. The van der Waals surface area contributed by atoms with Gasteiger partial charge in [-0.2, -0.15) is 0 Å². The van der Waals surface area contributed by atoms with E-state index in [1.54, 1.807) is 6.07 Å².